The van der Waals surface area contributed by atoms with Crippen molar-refractivity contribution in [2.45, 2.75) is 68.7 Å². The van der Waals surface area contributed by atoms with Crippen LogP contribution in [0.2, 0.25) is 0 Å². The van der Waals surface area contributed by atoms with Crippen LogP contribution in [0, 0.1) is 0 Å². The molecule has 0 aliphatic heterocycles. The number of carboxylic acid groups (broad SMARTS) is 1. The first-order valence-corrected chi connectivity index (χ1v) is 14.5. The zero-order chi connectivity index (χ0) is 33.5. The van der Waals surface area contributed by atoms with Crippen LogP contribution in [0.25, 0.3) is 0 Å². The minimum Gasteiger partial charge on any atom is -0.480 e. The van der Waals surface area contributed by atoms with Gasteiger partial charge in [0, 0.05) is 54.9 Å². The molecular formula is C27H40N12O7. The molecule has 5 atom stereocenters. The molecule has 0 aliphatic carbocycles. The highest BCUT2D eigenvalue weighted by atomic mass is 16.4. The number of rotatable bonds is 20. The van der Waals surface area contributed by atoms with Crippen molar-refractivity contribution in [2.75, 3.05) is 13.2 Å². The van der Waals surface area contributed by atoms with E-state index in [-0.39, 0.29) is 19.3 Å². The van der Waals surface area contributed by atoms with Crippen LogP contribution in [-0.4, -0.2) is 113 Å². The number of hydrogen-bond donors (Lipinski definition) is 11. The molecule has 0 saturated heterocycles. The van der Waals surface area contributed by atoms with E-state index in [0.29, 0.717) is 42.9 Å². The van der Waals surface area contributed by atoms with Gasteiger partial charge in [0.05, 0.1) is 31.6 Å². The fourth-order valence-corrected chi connectivity index (χ4v) is 4.40. The summed E-state index contributed by atoms with van der Waals surface area (Å²) in [6.07, 6.45) is 9.81. The summed E-state index contributed by atoms with van der Waals surface area (Å²) in [7, 11) is 0. The van der Waals surface area contributed by atoms with E-state index in [2.05, 4.69) is 51.2 Å². The predicted molar refractivity (Wildman–Crippen MR) is 160 cm³/mol. The third-order valence-electron chi connectivity index (χ3n) is 6.94. The maximum Gasteiger partial charge on any atom is 0.326 e. The summed E-state index contributed by atoms with van der Waals surface area (Å²) in [5, 5.41) is 29.4. The zero-order valence-corrected chi connectivity index (χ0v) is 24.9. The highest BCUT2D eigenvalue weighted by Crippen LogP contribution is 2.06. The summed E-state index contributed by atoms with van der Waals surface area (Å²) < 4.78 is 0. The fraction of sp³-hybridized carbons (Fsp3) is 0.481. The Bertz CT molecular complexity index is 1380. The number of aliphatic hydroxyl groups is 1. The van der Waals surface area contributed by atoms with Gasteiger partial charge in [-0.05, 0) is 19.4 Å². The second kappa shape index (κ2) is 18.0. The molecule has 0 spiro atoms. The van der Waals surface area contributed by atoms with Crippen molar-refractivity contribution in [2.24, 2.45) is 11.5 Å². The van der Waals surface area contributed by atoms with Crippen LogP contribution in [0.5, 0.6) is 0 Å². The molecule has 3 heterocycles. The van der Waals surface area contributed by atoms with E-state index in [9.17, 15) is 34.2 Å². The van der Waals surface area contributed by atoms with Gasteiger partial charge in [-0.3, -0.25) is 19.2 Å². The predicted octanol–water partition coefficient (Wildman–Crippen LogP) is -3.64. The molecule has 4 amide bonds. The Balaban J connectivity index is 1.74. The number of aromatic amines is 3. The number of H-pyrrole nitrogens is 3. The van der Waals surface area contributed by atoms with Gasteiger partial charge < -0.3 is 57.9 Å². The Morgan fingerprint density at radius 1 is 0.674 bits per heavy atom. The maximum absolute atomic E-state index is 13.6. The molecule has 19 nitrogen and oxygen atoms in total. The second-order valence-corrected chi connectivity index (χ2v) is 10.5. The molecule has 46 heavy (non-hydrogen) atoms. The van der Waals surface area contributed by atoms with Crippen molar-refractivity contribution < 1.29 is 34.2 Å². The molecule has 0 aromatic carbocycles. The minimum atomic E-state index is -1.57. The van der Waals surface area contributed by atoms with Crippen molar-refractivity contribution in [3.05, 3.63) is 54.7 Å². The van der Waals surface area contributed by atoms with Crippen LogP contribution >= 0.6 is 0 Å². The number of carboxylic acids is 1. The molecule has 0 radical (unpaired) electrons. The number of amides is 4. The first-order chi connectivity index (χ1) is 22.1. The lowest BCUT2D eigenvalue weighted by molar-refractivity contribution is -0.142. The average molecular weight is 645 g/mol. The molecule has 0 bridgehead atoms. The minimum absolute atomic E-state index is 0.0138. The molecule has 3 aromatic rings. The number of aromatic nitrogens is 6. The van der Waals surface area contributed by atoms with Gasteiger partial charge >= 0.3 is 5.97 Å². The van der Waals surface area contributed by atoms with Gasteiger partial charge in [0.2, 0.25) is 23.6 Å². The fourth-order valence-electron chi connectivity index (χ4n) is 4.40. The zero-order valence-electron chi connectivity index (χ0n) is 24.9. The molecule has 0 saturated carbocycles. The van der Waals surface area contributed by atoms with Crippen LogP contribution in [0.1, 0.15) is 36.3 Å². The van der Waals surface area contributed by atoms with Crippen LogP contribution in [-0.2, 0) is 43.2 Å². The van der Waals surface area contributed by atoms with E-state index >= 15 is 0 Å². The smallest absolute Gasteiger partial charge is 0.326 e. The van der Waals surface area contributed by atoms with Gasteiger partial charge in [-0.1, -0.05) is 6.42 Å². The van der Waals surface area contributed by atoms with Gasteiger partial charge in [0.1, 0.15) is 24.2 Å². The van der Waals surface area contributed by atoms with E-state index in [1.807, 2.05) is 0 Å². The second-order valence-electron chi connectivity index (χ2n) is 10.5. The van der Waals surface area contributed by atoms with Gasteiger partial charge in [0.15, 0.2) is 0 Å². The van der Waals surface area contributed by atoms with Crippen molar-refractivity contribution in [1.82, 2.24) is 51.2 Å². The van der Waals surface area contributed by atoms with Crippen LogP contribution in [0.15, 0.2) is 37.6 Å². The highest BCUT2D eigenvalue weighted by Gasteiger charge is 2.32. The standard InChI is InChI=1S/C27H40N12O7/c28-4-2-1-3-18(29)23(41)36-19(5-15-8-30-12-33-15)24(42)37-20(6-16-9-31-13-34-16)25(43)39-22(11-40)26(44)38-21(27(45)46)7-17-10-32-14-35-17/h8-10,12-14,18-22,40H,1-7,11,28-29H2,(H,30,33)(H,31,34)(H,32,35)(H,36,41)(H,37,42)(H,38,44)(H,39,43)(H,45,46)/t18-,19-,20-,21-,22-/m0/s1. The number of imidazole rings is 3. The quantitative estimate of drug-likeness (QED) is 0.0531. The molecule has 3 rings (SSSR count). The molecule has 0 aliphatic rings. The van der Waals surface area contributed by atoms with Crippen molar-refractivity contribution in [3.8, 4) is 0 Å². The summed E-state index contributed by atoms with van der Waals surface area (Å²) in [6.45, 7) is -0.428. The molecule has 250 valence electrons. The number of nitrogens with zero attached hydrogens (tertiary/aromatic N) is 3. The van der Waals surface area contributed by atoms with Crippen molar-refractivity contribution in [3.63, 3.8) is 0 Å². The Morgan fingerprint density at radius 2 is 1.09 bits per heavy atom. The van der Waals surface area contributed by atoms with E-state index in [1.54, 1.807) is 0 Å². The third kappa shape index (κ3) is 11.1. The topological polar surface area (TPSA) is 312 Å². The van der Waals surface area contributed by atoms with Crippen molar-refractivity contribution in [1.29, 1.82) is 0 Å². The number of aliphatic carboxylic acids is 1. The van der Waals surface area contributed by atoms with E-state index in [0.717, 1.165) is 0 Å². The number of aliphatic hydroxyl groups excluding tert-OH is 1. The largest absolute Gasteiger partial charge is 0.480 e. The summed E-state index contributed by atoms with van der Waals surface area (Å²) in [4.78, 5) is 84.7. The van der Waals surface area contributed by atoms with Gasteiger partial charge in [-0.2, -0.15) is 0 Å². The van der Waals surface area contributed by atoms with E-state index in [4.69, 9.17) is 11.5 Å². The monoisotopic (exact) mass is 644 g/mol. The lowest BCUT2D eigenvalue weighted by Gasteiger charge is -2.25. The number of nitrogens with two attached hydrogens (primary N) is 2. The SMILES string of the molecule is NCCCC[C@H](N)C(=O)N[C@@H](Cc1cnc[nH]1)C(=O)N[C@@H](Cc1cnc[nH]1)C(=O)N[C@@H](CO)C(=O)N[C@@H](Cc1cnc[nH]1)C(=O)O. The summed E-state index contributed by atoms with van der Waals surface area (Å²) in [6, 6.07) is -6.37. The third-order valence-corrected chi connectivity index (χ3v) is 6.94. The molecular weight excluding hydrogens is 604 g/mol. The molecule has 3 aromatic heterocycles. The summed E-state index contributed by atoms with van der Waals surface area (Å²) >= 11 is 0. The number of nitrogens with one attached hydrogen (secondary N) is 7. The first kappa shape index (κ1) is 35.3. The highest BCUT2D eigenvalue weighted by molar-refractivity contribution is 5.95. The average Bonchev–Trinajstić information content (AvgIpc) is 3.83. The number of hydrogen-bond acceptors (Lipinski definition) is 11. The molecule has 19 heteroatoms. The van der Waals surface area contributed by atoms with Crippen molar-refractivity contribution >= 4 is 29.6 Å². The van der Waals surface area contributed by atoms with Gasteiger partial charge in [0.25, 0.3) is 0 Å². The van der Waals surface area contributed by atoms with Gasteiger partial charge in [-0.15, -0.1) is 0 Å². The molecule has 13 N–H and O–H groups in total. The molecule has 0 unspecified atom stereocenters. The first-order valence-electron chi connectivity index (χ1n) is 14.5. The van der Waals surface area contributed by atoms with Crippen LogP contribution in [0.3, 0.4) is 0 Å². The maximum atomic E-state index is 13.6. The summed E-state index contributed by atoms with van der Waals surface area (Å²) in [5.41, 5.74) is 12.9. The Morgan fingerprint density at radius 3 is 1.50 bits per heavy atom. The van der Waals surface area contributed by atoms with Gasteiger partial charge in [-0.25, -0.2) is 19.7 Å². The lowest BCUT2D eigenvalue weighted by Crippen LogP contribution is -2.60. The number of carbonyl (C=O) groups excluding carboxylic acids is 4. The Labute approximate surface area is 263 Å². The normalized spacial score (nSPS) is 14.3. The number of unbranched alkanes of at least 4 members (excludes halogenated alkanes) is 1. The summed E-state index contributed by atoms with van der Waals surface area (Å²) in [5.74, 6) is -4.51. The van der Waals surface area contributed by atoms with Crippen LogP contribution in [0.4, 0.5) is 0 Å². The number of carbonyl (C=O) groups is 5. The molecule has 0 fully saturated rings. The lowest BCUT2D eigenvalue weighted by atomic mass is 10.1. The van der Waals surface area contributed by atoms with E-state index in [1.165, 1.54) is 37.6 Å². The van der Waals surface area contributed by atoms with E-state index < -0.39 is 66.4 Å². The Hall–Kier alpha value is -5.14. The Kier molecular flexibility index (Phi) is 13.8. The van der Waals surface area contributed by atoms with Crippen LogP contribution < -0.4 is 32.7 Å².